The van der Waals surface area contributed by atoms with Gasteiger partial charge in [0, 0.05) is 30.2 Å². The first-order chi connectivity index (χ1) is 9.98. The number of benzene rings is 1. The Labute approximate surface area is 125 Å². The van der Waals surface area contributed by atoms with E-state index in [-0.39, 0.29) is 23.8 Å². The van der Waals surface area contributed by atoms with E-state index in [0.29, 0.717) is 12.1 Å². The van der Waals surface area contributed by atoms with Crippen molar-refractivity contribution in [2.75, 3.05) is 13.2 Å². The van der Waals surface area contributed by atoms with Crippen LogP contribution in [0, 0.1) is 5.41 Å². The molecule has 0 aliphatic carbocycles. The molecule has 3 nitrogen and oxygen atoms in total. The number of aliphatic hydroxyl groups excluding tert-OH is 1. The fraction of sp³-hybridized carbons (Fsp3) is 0.625. The number of ether oxygens (including phenoxy) is 1. The van der Waals surface area contributed by atoms with Crippen molar-refractivity contribution < 1.29 is 18.6 Å². The third-order valence-electron chi connectivity index (χ3n) is 4.22. The molecule has 1 atom stereocenters. The zero-order valence-electron chi connectivity index (χ0n) is 12.9. The van der Waals surface area contributed by atoms with Gasteiger partial charge in [-0.2, -0.15) is 8.78 Å². The predicted octanol–water partition coefficient (Wildman–Crippen LogP) is 3.74. The molecule has 21 heavy (non-hydrogen) atoms. The molecule has 0 spiro atoms. The van der Waals surface area contributed by atoms with Crippen LogP contribution < -0.4 is 10.1 Å². The molecule has 0 aromatic heterocycles. The number of hydrogen-bond acceptors (Lipinski definition) is 3. The molecule has 1 aromatic rings. The SMILES string of the molecule is CCC(CC)(CO)CNC(C)c1ccccc1OC(F)F. The summed E-state index contributed by atoms with van der Waals surface area (Å²) in [5.41, 5.74) is 0.518. The predicted molar refractivity (Wildman–Crippen MR) is 79.6 cm³/mol. The Bertz CT molecular complexity index is 414. The molecular weight excluding hydrogens is 276 g/mol. The van der Waals surface area contributed by atoms with Gasteiger partial charge in [0.05, 0.1) is 0 Å². The van der Waals surface area contributed by atoms with Crippen LogP contribution in [0.25, 0.3) is 0 Å². The third-order valence-corrected chi connectivity index (χ3v) is 4.22. The van der Waals surface area contributed by atoms with Gasteiger partial charge >= 0.3 is 6.61 Å². The Morgan fingerprint density at radius 2 is 1.86 bits per heavy atom. The largest absolute Gasteiger partial charge is 0.434 e. The summed E-state index contributed by atoms with van der Waals surface area (Å²) in [7, 11) is 0. The molecule has 0 radical (unpaired) electrons. The van der Waals surface area contributed by atoms with Crippen LogP contribution in [0.2, 0.25) is 0 Å². The maximum atomic E-state index is 12.4. The minimum atomic E-state index is -2.83. The van der Waals surface area contributed by atoms with Crippen LogP contribution in [0.3, 0.4) is 0 Å². The van der Waals surface area contributed by atoms with Crippen LogP contribution in [0.5, 0.6) is 5.75 Å². The number of nitrogens with one attached hydrogen (secondary N) is 1. The summed E-state index contributed by atoms with van der Waals surface area (Å²) in [6, 6.07) is 6.64. The van der Waals surface area contributed by atoms with E-state index < -0.39 is 6.61 Å². The molecule has 5 heteroatoms. The topological polar surface area (TPSA) is 41.5 Å². The summed E-state index contributed by atoms with van der Waals surface area (Å²) in [6.07, 6.45) is 1.71. The highest BCUT2D eigenvalue weighted by Crippen LogP contribution is 2.29. The second-order valence-corrected chi connectivity index (χ2v) is 5.38. The lowest BCUT2D eigenvalue weighted by Crippen LogP contribution is -2.37. The number of hydrogen-bond donors (Lipinski definition) is 2. The molecule has 0 bridgehead atoms. The van der Waals surface area contributed by atoms with E-state index in [2.05, 4.69) is 10.1 Å². The minimum absolute atomic E-state index is 0.106. The van der Waals surface area contributed by atoms with Gasteiger partial charge in [0.2, 0.25) is 0 Å². The highest BCUT2D eigenvalue weighted by atomic mass is 19.3. The molecule has 120 valence electrons. The standard InChI is InChI=1S/C16H25F2NO2/c1-4-16(5-2,11-20)10-19-12(3)13-8-6-7-9-14(13)21-15(17)18/h6-9,12,15,19-20H,4-5,10-11H2,1-3H3. The second kappa shape index (κ2) is 8.29. The fourth-order valence-electron chi connectivity index (χ4n) is 2.30. The van der Waals surface area contributed by atoms with Gasteiger partial charge in [-0.25, -0.2) is 0 Å². The van der Waals surface area contributed by atoms with Crippen LogP contribution in [-0.4, -0.2) is 24.9 Å². The molecule has 0 saturated carbocycles. The van der Waals surface area contributed by atoms with Gasteiger partial charge in [0.25, 0.3) is 0 Å². The first-order valence-corrected chi connectivity index (χ1v) is 7.36. The Morgan fingerprint density at radius 1 is 1.24 bits per heavy atom. The summed E-state index contributed by atoms with van der Waals surface area (Å²) >= 11 is 0. The summed E-state index contributed by atoms with van der Waals surface area (Å²) in [5.74, 6) is 0.190. The molecular formula is C16H25F2NO2. The highest BCUT2D eigenvalue weighted by Gasteiger charge is 2.26. The lowest BCUT2D eigenvalue weighted by molar-refractivity contribution is -0.0507. The second-order valence-electron chi connectivity index (χ2n) is 5.38. The van der Waals surface area contributed by atoms with Crippen LogP contribution >= 0.6 is 0 Å². The monoisotopic (exact) mass is 301 g/mol. The summed E-state index contributed by atoms with van der Waals surface area (Å²) < 4.78 is 29.4. The van der Waals surface area contributed by atoms with Crippen molar-refractivity contribution in [2.45, 2.75) is 46.3 Å². The molecule has 1 rings (SSSR count). The minimum Gasteiger partial charge on any atom is -0.434 e. The fourth-order valence-corrected chi connectivity index (χ4v) is 2.30. The maximum absolute atomic E-state index is 12.4. The molecule has 0 heterocycles. The number of alkyl halides is 2. The Hall–Kier alpha value is -1.20. The average Bonchev–Trinajstić information content (AvgIpc) is 2.49. The van der Waals surface area contributed by atoms with Crippen LogP contribution in [0.15, 0.2) is 24.3 Å². The number of aliphatic hydroxyl groups is 1. The van der Waals surface area contributed by atoms with Gasteiger partial charge in [-0.1, -0.05) is 32.0 Å². The van der Waals surface area contributed by atoms with E-state index in [4.69, 9.17) is 0 Å². The molecule has 0 amide bonds. The summed E-state index contributed by atoms with van der Waals surface area (Å²) in [6.45, 7) is 3.89. The summed E-state index contributed by atoms with van der Waals surface area (Å²) in [5, 5.41) is 12.9. The molecule has 0 aliphatic rings. The first kappa shape index (κ1) is 17.9. The quantitative estimate of drug-likeness (QED) is 0.730. The van der Waals surface area contributed by atoms with Crippen molar-refractivity contribution in [1.29, 1.82) is 0 Å². The van der Waals surface area contributed by atoms with E-state index in [0.717, 1.165) is 12.8 Å². The maximum Gasteiger partial charge on any atom is 0.387 e. The Morgan fingerprint density at radius 3 is 2.38 bits per heavy atom. The molecule has 0 aliphatic heterocycles. The van der Waals surface area contributed by atoms with Crippen molar-refractivity contribution >= 4 is 0 Å². The van der Waals surface area contributed by atoms with Crippen LogP contribution in [-0.2, 0) is 0 Å². The molecule has 0 fully saturated rings. The zero-order chi connectivity index (χ0) is 15.9. The van der Waals surface area contributed by atoms with E-state index >= 15 is 0 Å². The lowest BCUT2D eigenvalue weighted by atomic mass is 9.83. The zero-order valence-corrected chi connectivity index (χ0v) is 12.9. The van der Waals surface area contributed by atoms with Crippen molar-refractivity contribution in [3.05, 3.63) is 29.8 Å². The summed E-state index contributed by atoms with van der Waals surface area (Å²) in [4.78, 5) is 0. The van der Waals surface area contributed by atoms with Crippen molar-refractivity contribution in [3.8, 4) is 5.75 Å². The van der Waals surface area contributed by atoms with Crippen molar-refractivity contribution in [2.24, 2.45) is 5.41 Å². The molecule has 1 unspecified atom stereocenters. The molecule has 1 aromatic carbocycles. The van der Waals surface area contributed by atoms with E-state index in [1.807, 2.05) is 20.8 Å². The number of halogens is 2. The third kappa shape index (κ3) is 4.93. The van der Waals surface area contributed by atoms with Gasteiger partial charge in [-0.3, -0.25) is 0 Å². The normalized spacial score (nSPS) is 13.5. The average molecular weight is 301 g/mol. The van der Waals surface area contributed by atoms with Gasteiger partial charge in [0.1, 0.15) is 5.75 Å². The first-order valence-electron chi connectivity index (χ1n) is 7.36. The highest BCUT2D eigenvalue weighted by molar-refractivity contribution is 5.35. The number of para-hydroxylation sites is 1. The number of rotatable bonds is 9. The lowest BCUT2D eigenvalue weighted by Gasteiger charge is -2.31. The van der Waals surface area contributed by atoms with Gasteiger partial charge in [-0.15, -0.1) is 0 Å². The van der Waals surface area contributed by atoms with Crippen LogP contribution in [0.1, 0.15) is 45.2 Å². The van der Waals surface area contributed by atoms with E-state index in [1.54, 1.807) is 24.3 Å². The Kier molecular flexibility index (Phi) is 7.05. The van der Waals surface area contributed by atoms with E-state index in [9.17, 15) is 13.9 Å². The smallest absolute Gasteiger partial charge is 0.387 e. The Balaban J connectivity index is 2.78. The van der Waals surface area contributed by atoms with Gasteiger partial charge in [0.15, 0.2) is 0 Å². The molecule has 0 saturated heterocycles. The van der Waals surface area contributed by atoms with Crippen molar-refractivity contribution in [3.63, 3.8) is 0 Å². The van der Waals surface area contributed by atoms with E-state index in [1.165, 1.54) is 0 Å². The molecule has 2 N–H and O–H groups in total. The van der Waals surface area contributed by atoms with Gasteiger partial charge < -0.3 is 15.2 Å². The van der Waals surface area contributed by atoms with Crippen molar-refractivity contribution in [1.82, 2.24) is 5.32 Å². The van der Waals surface area contributed by atoms with Gasteiger partial charge in [-0.05, 0) is 25.8 Å². The van der Waals surface area contributed by atoms with Crippen LogP contribution in [0.4, 0.5) is 8.78 Å².